The van der Waals surface area contributed by atoms with E-state index in [9.17, 15) is 22.8 Å². The number of nitrogens with two attached hydrogens (primary N) is 1. The Bertz CT molecular complexity index is 1110. The number of ketones is 1. The fraction of sp³-hybridized carbons (Fsp3) is 0.118. The van der Waals surface area contributed by atoms with E-state index in [1.54, 1.807) is 0 Å². The minimum atomic E-state index is -1.05. The molecule has 0 aliphatic rings. The highest BCUT2D eigenvalue weighted by molar-refractivity contribution is 5.97. The minimum absolute atomic E-state index is 0.117. The molecular weight excluding hydrogens is 335 g/mol. The third-order valence-corrected chi connectivity index (χ3v) is 3.83. The maximum Gasteiger partial charge on any atom is 0.200 e. The molecule has 0 atom stereocenters. The van der Waals surface area contributed by atoms with Gasteiger partial charge in [0.1, 0.15) is 5.82 Å². The first-order valence-electron chi connectivity index (χ1n) is 7.19. The Labute approximate surface area is 139 Å². The molecule has 0 radical (unpaired) electrons. The van der Waals surface area contributed by atoms with Crippen molar-refractivity contribution in [2.75, 3.05) is 5.73 Å². The van der Waals surface area contributed by atoms with Crippen molar-refractivity contribution in [3.05, 3.63) is 63.2 Å². The predicted molar refractivity (Wildman–Crippen MR) is 86.4 cm³/mol. The van der Waals surface area contributed by atoms with Gasteiger partial charge in [0.15, 0.2) is 34.5 Å². The summed E-state index contributed by atoms with van der Waals surface area (Å²) in [6.45, 7) is 2.62. The van der Waals surface area contributed by atoms with Crippen LogP contribution in [-0.2, 0) is 0 Å². The van der Waals surface area contributed by atoms with Crippen molar-refractivity contribution in [2.24, 2.45) is 0 Å². The summed E-state index contributed by atoms with van der Waals surface area (Å²) in [5.41, 5.74) is 4.75. The smallest absolute Gasteiger partial charge is 0.200 e. The largest absolute Gasteiger partial charge is 0.381 e. The Morgan fingerprint density at radius 1 is 1.12 bits per heavy atom. The highest BCUT2D eigenvalue weighted by Crippen LogP contribution is 2.23. The van der Waals surface area contributed by atoms with Gasteiger partial charge in [-0.2, -0.15) is 0 Å². The van der Waals surface area contributed by atoms with E-state index in [1.807, 2.05) is 0 Å². The summed E-state index contributed by atoms with van der Waals surface area (Å²) in [5.74, 6) is -4.28. The van der Waals surface area contributed by atoms with Gasteiger partial charge in [-0.25, -0.2) is 18.2 Å². The molecule has 0 aliphatic heterocycles. The second-order valence-corrected chi connectivity index (χ2v) is 5.58. The number of halogens is 3. The van der Waals surface area contributed by atoms with Crippen LogP contribution in [0.15, 0.2) is 29.2 Å². The first-order valence-corrected chi connectivity index (χ1v) is 7.19. The first-order chi connectivity index (χ1) is 11.7. The van der Waals surface area contributed by atoms with Gasteiger partial charge in [-0.3, -0.25) is 14.2 Å². The highest BCUT2D eigenvalue weighted by atomic mass is 19.1. The van der Waals surface area contributed by atoms with Crippen LogP contribution in [0.3, 0.4) is 0 Å². The third kappa shape index (κ3) is 2.65. The van der Waals surface area contributed by atoms with Gasteiger partial charge in [0, 0.05) is 17.6 Å². The Kier molecular flexibility index (Phi) is 3.82. The lowest BCUT2D eigenvalue weighted by Crippen LogP contribution is -2.19. The van der Waals surface area contributed by atoms with Crippen LogP contribution < -0.4 is 11.2 Å². The van der Waals surface area contributed by atoms with E-state index < -0.39 is 40.3 Å². The number of aryl methyl sites for hydroxylation is 1. The molecule has 3 aromatic rings. The van der Waals surface area contributed by atoms with Crippen molar-refractivity contribution in [3.63, 3.8) is 0 Å². The summed E-state index contributed by atoms with van der Waals surface area (Å²) in [4.78, 5) is 27.8. The molecule has 5 nitrogen and oxygen atoms in total. The van der Waals surface area contributed by atoms with Gasteiger partial charge < -0.3 is 5.73 Å². The highest BCUT2D eigenvalue weighted by Gasteiger charge is 2.19. The van der Waals surface area contributed by atoms with Gasteiger partial charge >= 0.3 is 0 Å². The van der Waals surface area contributed by atoms with E-state index in [4.69, 9.17) is 5.73 Å². The lowest BCUT2D eigenvalue weighted by atomic mass is 10.1. The van der Waals surface area contributed by atoms with Gasteiger partial charge in [-0.05, 0) is 31.5 Å². The minimum Gasteiger partial charge on any atom is -0.381 e. The van der Waals surface area contributed by atoms with Crippen molar-refractivity contribution in [1.29, 1.82) is 0 Å². The topological polar surface area (TPSA) is 78.0 Å². The molecule has 128 valence electrons. The molecule has 0 saturated heterocycles. The number of pyridine rings is 2. The molecule has 0 aliphatic carbocycles. The van der Waals surface area contributed by atoms with Gasteiger partial charge in [0.25, 0.3) is 0 Å². The molecule has 0 saturated carbocycles. The molecular formula is C17H12F3N3O2. The van der Waals surface area contributed by atoms with E-state index in [1.165, 1.54) is 13.0 Å². The Balaban J connectivity index is 2.52. The van der Waals surface area contributed by atoms with Crippen LogP contribution in [0.2, 0.25) is 0 Å². The van der Waals surface area contributed by atoms with Crippen molar-refractivity contribution in [3.8, 4) is 5.82 Å². The number of Topliss-reactive ketones (excluding diaryl/α,β-unsaturated/α-hetero) is 1. The lowest BCUT2D eigenvalue weighted by Gasteiger charge is -2.14. The monoisotopic (exact) mass is 347 g/mol. The zero-order valence-electron chi connectivity index (χ0n) is 13.2. The van der Waals surface area contributed by atoms with Crippen molar-refractivity contribution in [1.82, 2.24) is 9.55 Å². The molecule has 0 fully saturated rings. The number of fused-ring (bicyclic) bond motifs is 1. The van der Waals surface area contributed by atoms with Crippen LogP contribution in [0.4, 0.5) is 19.0 Å². The Morgan fingerprint density at radius 2 is 1.80 bits per heavy atom. The maximum absolute atomic E-state index is 14.2. The van der Waals surface area contributed by atoms with Crippen LogP contribution in [0.5, 0.6) is 0 Å². The Morgan fingerprint density at radius 3 is 2.44 bits per heavy atom. The summed E-state index contributed by atoms with van der Waals surface area (Å²) >= 11 is 0. The number of rotatable bonds is 2. The zero-order valence-corrected chi connectivity index (χ0v) is 13.2. The first kappa shape index (κ1) is 16.7. The van der Waals surface area contributed by atoms with Gasteiger partial charge in [0.2, 0.25) is 0 Å². The summed E-state index contributed by atoms with van der Waals surface area (Å²) in [7, 11) is 0. The number of benzene rings is 1. The van der Waals surface area contributed by atoms with Crippen LogP contribution in [-0.4, -0.2) is 15.3 Å². The van der Waals surface area contributed by atoms with Crippen LogP contribution in [0, 0.1) is 24.4 Å². The molecule has 8 heteroatoms. The molecule has 0 amide bonds. The van der Waals surface area contributed by atoms with Crippen LogP contribution in [0.1, 0.15) is 22.8 Å². The average Bonchev–Trinajstić information content (AvgIpc) is 2.53. The quantitative estimate of drug-likeness (QED) is 0.723. The zero-order chi connectivity index (χ0) is 18.5. The third-order valence-electron chi connectivity index (χ3n) is 3.83. The average molecular weight is 347 g/mol. The van der Waals surface area contributed by atoms with Crippen LogP contribution >= 0.6 is 0 Å². The summed E-state index contributed by atoms with van der Waals surface area (Å²) in [6.07, 6.45) is 1.09. The number of nitrogen functional groups attached to an aromatic ring is 1. The molecule has 0 bridgehead atoms. The predicted octanol–water partition coefficient (Wildman–Crippen LogP) is 2.90. The molecule has 1 aromatic carbocycles. The summed E-state index contributed by atoms with van der Waals surface area (Å²) < 4.78 is 42.6. The molecule has 2 heterocycles. The number of anilines is 1. The molecule has 0 unspecified atom stereocenters. The molecule has 3 rings (SSSR count). The van der Waals surface area contributed by atoms with Gasteiger partial charge in [-0.15, -0.1) is 0 Å². The second kappa shape index (κ2) is 5.73. The standard InChI is InChI=1S/C17H12F3N3O2/c1-7-3-14-9(4-11(7)18)15(25)10(8(2)24)6-23(14)17-13(20)5-12(19)16(21)22-17/h3-6H,1-2H3,(H2,21,22). The van der Waals surface area contributed by atoms with Gasteiger partial charge in [-0.1, -0.05) is 0 Å². The van der Waals surface area contributed by atoms with Crippen molar-refractivity contribution >= 4 is 22.5 Å². The number of carbonyl (C=O) groups excluding carboxylic acids is 1. The van der Waals surface area contributed by atoms with Crippen molar-refractivity contribution in [2.45, 2.75) is 13.8 Å². The summed E-state index contributed by atoms with van der Waals surface area (Å²) in [6, 6.07) is 2.84. The van der Waals surface area contributed by atoms with E-state index >= 15 is 0 Å². The van der Waals surface area contributed by atoms with E-state index in [0.29, 0.717) is 6.07 Å². The summed E-state index contributed by atoms with van der Waals surface area (Å²) in [5, 5.41) is -0.125. The molecule has 2 N–H and O–H groups in total. The molecule has 2 aromatic heterocycles. The van der Waals surface area contributed by atoms with E-state index in [0.717, 1.165) is 23.8 Å². The SMILES string of the molecule is CC(=O)c1cn(-c2nc(N)c(F)cc2F)c2cc(C)c(F)cc2c1=O. The van der Waals surface area contributed by atoms with Crippen molar-refractivity contribution < 1.29 is 18.0 Å². The Hall–Kier alpha value is -3.16. The van der Waals surface area contributed by atoms with E-state index in [-0.39, 0.29) is 22.0 Å². The normalized spacial score (nSPS) is 11.1. The fourth-order valence-electron chi connectivity index (χ4n) is 2.52. The number of nitrogens with zero attached hydrogens (tertiary/aromatic N) is 2. The number of hydrogen-bond acceptors (Lipinski definition) is 4. The molecule has 0 spiro atoms. The number of carbonyl (C=O) groups is 1. The fourth-order valence-corrected chi connectivity index (χ4v) is 2.52. The maximum atomic E-state index is 14.2. The second-order valence-electron chi connectivity index (χ2n) is 5.58. The number of hydrogen-bond donors (Lipinski definition) is 1. The van der Waals surface area contributed by atoms with Gasteiger partial charge in [0.05, 0.1) is 11.1 Å². The molecule has 25 heavy (non-hydrogen) atoms. The van der Waals surface area contributed by atoms with Crippen LogP contribution in [0.25, 0.3) is 16.7 Å². The van der Waals surface area contributed by atoms with E-state index in [2.05, 4.69) is 4.98 Å². The lowest BCUT2D eigenvalue weighted by molar-refractivity contribution is 0.101. The number of aromatic nitrogens is 2.